The monoisotopic (exact) mass is 908 g/mol. The van der Waals surface area contributed by atoms with Crippen LogP contribution >= 0.6 is 35.2 Å². The van der Waals surface area contributed by atoms with Gasteiger partial charge in [-0.2, -0.15) is 4.31 Å². The summed E-state index contributed by atoms with van der Waals surface area (Å²) in [7, 11) is -16.4. The Bertz CT molecular complexity index is 1920. The molecule has 0 bridgehead atoms. The fourth-order valence-electron chi connectivity index (χ4n) is 5.04. The number of rotatable bonds is 24. The van der Waals surface area contributed by atoms with E-state index in [4.69, 9.17) is 25.3 Å². The van der Waals surface area contributed by atoms with Crippen molar-refractivity contribution in [1.82, 2.24) is 30.2 Å². The molecule has 3 rings (SSSR count). The van der Waals surface area contributed by atoms with Crippen molar-refractivity contribution in [3.8, 4) is 0 Å². The SMILES string of the molecule is CC(=O)C(N)CCCC(=O)SCCNC(=O)CCNC(=O)[C@H](O)C(C)(C)COP(=O)(O)OP(=O)(O)OC[C@H]1O[C@@H](n2cnc3c(N)ncnc32)[C@H](O)[C@@H]1OP(=O)(O)O. The number of aliphatic hydroxyl groups excluding tert-OH is 2. The summed E-state index contributed by atoms with van der Waals surface area (Å²) in [4.78, 5) is 98.7. The van der Waals surface area contributed by atoms with Crippen LogP contribution in [0.1, 0.15) is 52.7 Å². The van der Waals surface area contributed by atoms with E-state index in [1.807, 2.05) is 0 Å². The van der Waals surface area contributed by atoms with Gasteiger partial charge in [0, 0.05) is 37.1 Å². The molecule has 8 atom stereocenters. The molecule has 0 aromatic carbocycles. The van der Waals surface area contributed by atoms with Gasteiger partial charge in [0.1, 0.15) is 42.0 Å². The van der Waals surface area contributed by atoms with Crippen LogP contribution in [0.5, 0.6) is 0 Å². The highest BCUT2D eigenvalue weighted by Crippen LogP contribution is 2.61. The molecule has 1 aliphatic heterocycles. The maximum Gasteiger partial charge on any atom is 0.481 e. The summed E-state index contributed by atoms with van der Waals surface area (Å²) in [5.74, 6) is -1.40. The average Bonchev–Trinajstić information content (AvgIpc) is 3.68. The third kappa shape index (κ3) is 15.3. The molecule has 12 N–H and O–H groups in total. The molecular formula is C28H47N8O18P3S. The number of nitrogen functional groups attached to an aromatic ring is 1. The molecule has 0 aliphatic carbocycles. The van der Waals surface area contributed by atoms with Gasteiger partial charge in [0.2, 0.25) is 11.8 Å². The number of carbonyl (C=O) groups is 4. The lowest BCUT2D eigenvalue weighted by Crippen LogP contribution is -2.46. The standard InChI is InChI=1S/C28H47N8O18P3S/c1-15(37)16(29)5-4-6-19(39)58-10-9-31-18(38)7-8-32-26(42)23(41)28(2,3)12-51-57(48,49)54-56(46,47)50-11-17-22(53-55(43,44)45)21(40)27(52-17)36-14-35-20-24(30)33-13-34-25(20)36/h13-14,16-17,21-23,27,40-41H,4-12,29H2,1-3H3,(H,31,38)(H,32,42)(H,46,47)(H,48,49)(H2,30,33,34)(H2,43,44,45)/t16?,17-,21-,22-,23+,27-/m1/s1. The third-order valence-corrected chi connectivity index (χ3v) is 12.2. The largest absolute Gasteiger partial charge is 0.481 e. The highest BCUT2D eigenvalue weighted by atomic mass is 32.2. The molecule has 3 heterocycles. The number of phosphoric ester groups is 3. The zero-order valence-electron chi connectivity index (χ0n) is 31.3. The molecular weight excluding hydrogens is 861 g/mol. The van der Waals surface area contributed by atoms with Gasteiger partial charge in [0.05, 0.1) is 25.6 Å². The number of hydrogen-bond donors (Lipinski definition) is 10. The first-order valence-corrected chi connectivity index (χ1v) is 22.6. The highest BCUT2D eigenvalue weighted by Gasteiger charge is 2.50. The van der Waals surface area contributed by atoms with Gasteiger partial charge in [-0.05, 0) is 19.8 Å². The molecule has 58 heavy (non-hydrogen) atoms. The van der Waals surface area contributed by atoms with Crippen LogP contribution in [0, 0.1) is 5.41 Å². The number of nitrogens with zero attached hydrogens (tertiary/aromatic N) is 4. The normalized spacial score (nSPS) is 21.8. The van der Waals surface area contributed by atoms with Crippen molar-refractivity contribution < 1.29 is 85.3 Å². The molecule has 1 fully saturated rings. The predicted octanol–water partition coefficient (Wildman–Crippen LogP) is -1.25. The lowest BCUT2D eigenvalue weighted by molar-refractivity contribution is -0.137. The molecule has 328 valence electrons. The minimum atomic E-state index is -5.58. The number of nitrogens with one attached hydrogen (secondary N) is 2. The number of imidazole rings is 1. The van der Waals surface area contributed by atoms with Gasteiger partial charge in [-0.15, -0.1) is 0 Å². The smallest absolute Gasteiger partial charge is 0.386 e. The summed E-state index contributed by atoms with van der Waals surface area (Å²) in [6.45, 7) is 1.73. The molecule has 30 heteroatoms. The second-order valence-corrected chi connectivity index (χ2v) is 18.8. The minimum Gasteiger partial charge on any atom is -0.386 e. The molecule has 0 radical (unpaired) electrons. The molecule has 2 aromatic rings. The predicted molar refractivity (Wildman–Crippen MR) is 200 cm³/mol. The zero-order chi connectivity index (χ0) is 43.6. The number of hydrogen-bond acceptors (Lipinski definition) is 20. The number of nitrogens with two attached hydrogens (primary N) is 2. The highest BCUT2D eigenvalue weighted by molar-refractivity contribution is 8.13. The number of fused-ring (bicyclic) bond motifs is 1. The van der Waals surface area contributed by atoms with E-state index in [-0.39, 0.29) is 59.6 Å². The van der Waals surface area contributed by atoms with Crippen molar-refractivity contribution in [2.24, 2.45) is 11.1 Å². The second-order valence-electron chi connectivity index (χ2n) is 13.4. The lowest BCUT2D eigenvalue weighted by atomic mass is 9.87. The summed E-state index contributed by atoms with van der Waals surface area (Å²) in [5.41, 5.74) is 9.86. The minimum absolute atomic E-state index is 0.0236. The number of phosphoric acid groups is 3. The van der Waals surface area contributed by atoms with Crippen LogP contribution in [0.15, 0.2) is 12.7 Å². The molecule has 26 nitrogen and oxygen atoms in total. The van der Waals surface area contributed by atoms with Gasteiger partial charge >= 0.3 is 23.5 Å². The van der Waals surface area contributed by atoms with Crippen molar-refractivity contribution in [2.75, 3.05) is 37.8 Å². The van der Waals surface area contributed by atoms with Gasteiger partial charge in [0.25, 0.3) is 0 Å². The number of ether oxygens (including phenoxy) is 1. The number of carbonyl (C=O) groups excluding carboxylic acids is 4. The fraction of sp³-hybridized carbons (Fsp3) is 0.679. The summed E-state index contributed by atoms with van der Waals surface area (Å²) in [6, 6.07) is -0.611. The van der Waals surface area contributed by atoms with Gasteiger partial charge < -0.3 is 56.6 Å². The Morgan fingerprint density at radius 2 is 1.71 bits per heavy atom. The van der Waals surface area contributed by atoms with Crippen LogP contribution in [0.4, 0.5) is 5.82 Å². The molecule has 2 amide bonds. The Morgan fingerprint density at radius 1 is 1.03 bits per heavy atom. The van der Waals surface area contributed by atoms with Gasteiger partial charge in [0.15, 0.2) is 22.8 Å². The number of aliphatic hydroxyl groups is 2. The molecule has 1 saturated heterocycles. The average molecular weight is 909 g/mol. The molecule has 3 unspecified atom stereocenters. The number of ketones is 1. The second kappa shape index (κ2) is 21.1. The Hall–Kier alpha value is -2.81. The number of aromatic nitrogens is 4. The summed E-state index contributed by atoms with van der Waals surface area (Å²) in [6.07, 6.45) is -5.95. The zero-order valence-corrected chi connectivity index (χ0v) is 34.8. The van der Waals surface area contributed by atoms with Crippen molar-refractivity contribution in [3.63, 3.8) is 0 Å². The van der Waals surface area contributed by atoms with E-state index in [1.165, 1.54) is 20.8 Å². The van der Waals surface area contributed by atoms with E-state index >= 15 is 0 Å². The maximum atomic E-state index is 12.7. The van der Waals surface area contributed by atoms with Crippen molar-refractivity contribution in [3.05, 3.63) is 12.7 Å². The van der Waals surface area contributed by atoms with Gasteiger partial charge in [-0.25, -0.2) is 28.6 Å². The van der Waals surface area contributed by atoms with Crippen LogP contribution in [0.25, 0.3) is 11.2 Å². The van der Waals surface area contributed by atoms with Gasteiger partial charge in [-0.1, -0.05) is 25.6 Å². The molecule has 0 saturated carbocycles. The Morgan fingerprint density at radius 3 is 2.36 bits per heavy atom. The number of thioether (sulfide) groups is 1. The Kier molecular flexibility index (Phi) is 18.0. The number of anilines is 1. The van der Waals surface area contributed by atoms with Gasteiger partial charge in [-0.3, -0.25) is 37.3 Å². The van der Waals surface area contributed by atoms with E-state index in [1.54, 1.807) is 0 Å². The van der Waals surface area contributed by atoms with Crippen molar-refractivity contribution >= 4 is 74.9 Å². The fourth-order valence-corrected chi connectivity index (χ4v) is 8.59. The van der Waals surface area contributed by atoms with Crippen molar-refractivity contribution in [1.29, 1.82) is 0 Å². The van der Waals surface area contributed by atoms with E-state index < -0.39 is 90.6 Å². The lowest BCUT2D eigenvalue weighted by Gasteiger charge is -2.30. The number of amides is 2. The number of Topliss-reactive ketones (excluding diaryl/α,β-unsaturated/α-hetero) is 1. The first-order chi connectivity index (χ1) is 26.8. The van der Waals surface area contributed by atoms with E-state index in [9.17, 15) is 62.7 Å². The molecule has 0 spiro atoms. The first kappa shape index (κ1) is 49.6. The van der Waals surface area contributed by atoms with Crippen LogP contribution in [0.3, 0.4) is 0 Å². The van der Waals surface area contributed by atoms with E-state index in [0.29, 0.717) is 12.8 Å². The maximum absolute atomic E-state index is 12.7. The molecule has 1 aliphatic rings. The quantitative estimate of drug-likeness (QED) is 0.0434. The Balaban J connectivity index is 1.45. The first-order valence-electron chi connectivity index (χ1n) is 17.1. The Labute approximate surface area is 334 Å². The van der Waals surface area contributed by atoms with E-state index in [0.717, 1.165) is 29.0 Å². The van der Waals surface area contributed by atoms with E-state index in [2.05, 4.69) is 34.4 Å². The topological polar surface area (TPSA) is 407 Å². The third-order valence-electron chi connectivity index (χ3n) is 8.18. The molecule has 2 aromatic heterocycles. The summed E-state index contributed by atoms with van der Waals surface area (Å²) >= 11 is 1.00. The van der Waals surface area contributed by atoms with Crippen LogP contribution in [-0.2, 0) is 55.5 Å². The van der Waals surface area contributed by atoms with Crippen LogP contribution < -0.4 is 22.1 Å². The van der Waals surface area contributed by atoms with Crippen LogP contribution in [0.2, 0.25) is 0 Å². The summed E-state index contributed by atoms with van der Waals surface area (Å²) < 4.78 is 62.1. The summed E-state index contributed by atoms with van der Waals surface area (Å²) in [5, 5.41) is 26.2. The van der Waals surface area contributed by atoms with Crippen LogP contribution in [-0.4, -0.2) is 135 Å². The van der Waals surface area contributed by atoms with Crippen molar-refractivity contribution in [2.45, 2.75) is 83.1 Å².